The van der Waals surface area contributed by atoms with Gasteiger partial charge in [0.15, 0.2) is 6.54 Å². The largest absolute Gasteiger partial charge is 0.213 e. The van der Waals surface area contributed by atoms with E-state index in [0.29, 0.717) is 0 Å². The Morgan fingerprint density at radius 3 is 2.42 bits per heavy atom. The number of nitrogens with zero attached hydrogens (tertiary/aromatic N) is 1. The predicted molar refractivity (Wildman–Crippen MR) is 102 cm³/mol. The van der Waals surface area contributed by atoms with Crippen molar-refractivity contribution in [1.82, 2.24) is 0 Å². The lowest BCUT2D eigenvalue weighted by molar-refractivity contribution is -0.660. The van der Waals surface area contributed by atoms with Gasteiger partial charge in [-0.25, -0.2) is 0 Å². The highest BCUT2D eigenvalue weighted by Gasteiger charge is 2.34. The number of aromatic nitrogens is 1. The molecule has 120 valence electrons. The van der Waals surface area contributed by atoms with Gasteiger partial charge in [0.2, 0.25) is 11.2 Å². The lowest BCUT2D eigenvalue weighted by atomic mass is 9.98. The minimum Gasteiger partial charge on any atom is -0.187 e. The van der Waals surface area contributed by atoms with Gasteiger partial charge in [-0.2, -0.15) is 4.57 Å². The molecular weight excluding hydrogens is 290 g/mol. The van der Waals surface area contributed by atoms with Crippen LogP contribution in [-0.4, -0.2) is 0 Å². The minimum atomic E-state index is 1.10. The van der Waals surface area contributed by atoms with Gasteiger partial charge in [-0.15, -0.1) is 0 Å². The lowest BCUT2D eigenvalue weighted by Crippen LogP contribution is -2.36. The van der Waals surface area contributed by atoms with E-state index in [1.54, 1.807) is 11.1 Å². The van der Waals surface area contributed by atoms with Crippen LogP contribution in [0.5, 0.6) is 0 Å². The summed E-state index contributed by atoms with van der Waals surface area (Å²) in [5.41, 5.74) is 8.77. The maximum atomic E-state index is 2.52. The SMILES string of the molecule is CC.c1ccc(-c2cc3[n+](c4ccccc24)CC2=C3CCC2)cc1. The monoisotopic (exact) mass is 314 g/mol. The number of para-hydroxylation sites is 1. The normalized spacial score (nSPS) is 15.1. The Hall–Kier alpha value is -2.41. The lowest BCUT2D eigenvalue weighted by Gasteiger charge is -2.09. The highest BCUT2D eigenvalue weighted by atomic mass is 15.0. The van der Waals surface area contributed by atoms with Gasteiger partial charge in [0, 0.05) is 28.8 Å². The Morgan fingerprint density at radius 1 is 0.833 bits per heavy atom. The molecule has 0 bridgehead atoms. The van der Waals surface area contributed by atoms with Crippen molar-refractivity contribution >= 4 is 16.5 Å². The molecule has 1 aromatic heterocycles. The summed E-state index contributed by atoms with van der Waals surface area (Å²) in [5, 5.41) is 1.36. The van der Waals surface area contributed by atoms with E-state index in [2.05, 4.69) is 65.2 Å². The van der Waals surface area contributed by atoms with E-state index < -0.39 is 0 Å². The summed E-state index contributed by atoms with van der Waals surface area (Å²) in [6.45, 7) is 5.10. The van der Waals surface area contributed by atoms with Crippen molar-refractivity contribution in [2.24, 2.45) is 0 Å². The van der Waals surface area contributed by atoms with Crippen molar-refractivity contribution < 1.29 is 4.57 Å². The molecule has 1 aliphatic heterocycles. The fourth-order valence-electron chi connectivity index (χ4n) is 4.12. The number of benzene rings is 2. The van der Waals surface area contributed by atoms with Crippen LogP contribution in [0.15, 0.2) is 66.2 Å². The number of rotatable bonds is 1. The Bertz CT molecular complexity index is 919. The van der Waals surface area contributed by atoms with Crippen molar-refractivity contribution in [3.05, 3.63) is 71.9 Å². The van der Waals surface area contributed by atoms with Gasteiger partial charge in [0.25, 0.3) is 0 Å². The first kappa shape index (κ1) is 15.1. The van der Waals surface area contributed by atoms with Crippen LogP contribution in [0.3, 0.4) is 0 Å². The number of pyridine rings is 1. The molecule has 0 unspecified atom stereocenters. The first-order valence-electron chi connectivity index (χ1n) is 9.14. The van der Waals surface area contributed by atoms with Crippen molar-refractivity contribution in [2.75, 3.05) is 0 Å². The van der Waals surface area contributed by atoms with Gasteiger partial charge in [0.1, 0.15) is 0 Å². The van der Waals surface area contributed by atoms with E-state index in [1.165, 1.54) is 47.0 Å². The summed E-state index contributed by atoms with van der Waals surface area (Å²) in [6.07, 6.45) is 3.87. The molecular formula is C23H24N+. The summed E-state index contributed by atoms with van der Waals surface area (Å²) in [4.78, 5) is 0. The Kier molecular flexibility index (Phi) is 3.93. The first-order chi connectivity index (χ1) is 11.9. The Morgan fingerprint density at radius 2 is 1.58 bits per heavy atom. The van der Waals surface area contributed by atoms with Crippen LogP contribution in [-0.2, 0) is 6.54 Å². The summed E-state index contributed by atoms with van der Waals surface area (Å²) < 4.78 is 2.52. The van der Waals surface area contributed by atoms with Gasteiger partial charge in [-0.1, -0.05) is 56.3 Å². The quantitative estimate of drug-likeness (QED) is 0.502. The standard InChI is InChI=1S/C21H18N.C2H6/c1-2-7-15(8-3-1)19-13-21-17-11-6-9-16(17)14-22(21)20-12-5-4-10-18(19)20;1-2/h1-5,7-8,10,12-13H,6,9,11,14H2;1-2H3/q+1;. The maximum absolute atomic E-state index is 2.52. The summed E-state index contributed by atoms with van der Waals surface area (Å²) >= 11 is 0. The van der Waals surface area contributed by atoms with Crippen LogP contribution in [0, 0.1) is 0 Å². The van der Waals surface area contributed by atoms with Crippen molar-refractivity contribution in [2.45, 2.75) is 39.7 Å². The fraction of sp³-hybridized carbons (Fsp3) is 0.261. The van der Waals surface area contributed by atoms with Crippen LogP contribution in [0.25, 0.3) is 27.6 Å². The molecule has 2 aliphatic rings. The van der Waals surface area contributed by atoms with Crippen molar-refractivity contribution in [1.29, 1.82) is 0 Å². The number of hydrogen-bond acceptors (Lipinski definition) is 0. The zero-order valence-corrected chi connectivity index (χ0v) is 14.5. The van der Waals surface area contributed by atoms with Gasteiger partial charge in [-0.05, 0) is 30.9 Å². The van der Waals surface area contributed by atoms with Crippen molar-refractivity contribution in [3.63, 3.8) is 0 Å². The molecule has 0 spiro atoms. The third kappa shape index (κ3) is 2.27. The Balaban J connectivity index is 0.000000704. The molecule has 1 nitrogen and oxygen atoms in total. The molecule has 24 heavy (non-hydrogen) atoms. The molecule has 2 aromatic carbocycles. The van der Waals surface area contributed by atoms with E-state index in [4.69, 9.17) is 0 Å². The third-order valence-electron chi connectivity index (χ3n) is 5.13. The van der Waals surface area contributed by atoms with E-state index in [9.17, 15) is 0 Å². The molecule has 0 amide bonds. The molecule has 0 saturated heterocycles. The second kappa shape index (κ2) is 6.24. The highest BCUT2D eigenvalue weighted by molar-refractivity contribution is 5.94. The molecule has 0 saturated carbocycles. The van der Waals surface area contributed by atoms with Crippen LogP contribution in [0.2, 0.25) is 0 Å². The number of allylic oxidation sites excluding steroid dienone is 2. The van der Waals surface area contributed by atoms with E-state index >= 15 is 0 Å². The number of hydrogen-bond donors (Lipinski definition) is 0. The zero-order valence-electron chi connectivity index (χ0n) is 14.5. The summed E-state index contributed by atoms with van der Waals surface area (Å²) in [7, 11) is 0. The fourth-order valence-corrected chi connectivity index (χ4v) is 4.12. The third-order valence-corrected chi connectivity index (χ3v) is 5.13. The van der Waals surface area contributed by atoms with Crippen LogP contribution >= 0.6 is 0 Å². The summed E-state index contributed by atoms with van der Waals surface area (Å²) in [5.74, 6) is 0. The molecule has 0 atom stereocenters. The molecule has 2 heterocycles. The average molecular weight is 314 g/mol. The predicted octanol–water partition coefficient (Wildman–Crippen LogP) is 5.77. The molecule has 0 N–H and O–H groups in total. The smallest absolute Gasteiger partial charge is 0.187 e. The van der Waals surface area contributed by atoms with Gasteiger partial charge in [-0.3, -0.25) is 0 Å². The molecule has 5 rings (SSSR count). The Labute approximate surface area is 144 Å². The van der Waals surface area contributed by atoms with E-state index in [-0.39, 0.29) is 0 Å². The first-order valence-corrected chi connectivity index (χ1v) is 9.14. The van der Waals surface area contributed by atoms with Gasteiger partial charge in [0.05, 0.1) is 5.39 Å². The van der Waals surface area contributed by atoms with Crippen LogP contribution in [0.4, 0.5) is 0 Å². The molecule has 0 radical (unpaired) electrons. The average Bonchev–Trinajstić information content (AvgIpc) is 3.25. The van der Waals surface area contributed by atoms with Crippen molar-refractivity contribution in [3.8, 4) is 11.1 Å². The topological polar surface area (TPSA) is 3.88 Å². The molecule has 1 aliphatic carbocycles. The van der Waals surface area contributed by atoms with Gasteiger partial charge < -0.3 is 0 Å². The molecule has 0 fully saturated rings. The van der Waals surface area contributed by atoms with Gasteiger partial charge >= 0.3 is 0 Å². The van der Waals surface area contributed by atoms with Crippen LogP contribution < -0.4 is 4.57 Å². The second-order valence-electron chi connectivity index (χ2n) is 6.35. The zero-order chi connectivity index (χ0) is 16.5. The maximum Gasteiger partial charge on any atom is 0.213 e. The second-order valence-corrected chi connectivity index (χ2v) is 6.35. The molecule has 1 heteroatoms. The minimum absolute atomic E-state index is 1.10. The number of fused-ring (bicyclic) bond motifs is 4. The van der Waals surface area contributed by atoms with E-state index in [0.717, 1.165) is 6.54 Å². The highest BCUT2D eigenvalue weighted by Crippen LogP contribution is 2.39. The summed E-state index contributed by atoms with van der Waals surface area (Å²) in [6, 6.07) is 22.1. The molecule has 3 aromatic rings. The van der Waals surface area contributed by atoms with E-state index in [1.807, 2.05) is 13.8 Å². The van der Waals surface area contributed by atoms with Crippen LogP contribution in [0.1, 0.15) is 38.8 Å².